The number of ether oxygens (including phenoxy) is 1. The molecular formula is C15H18N2O3. The van der Waals surface area contributed by atoms with E-state index in [1.54, 1.807) is 17.6 Å². The third-order valence-corrected chi connectivity index (χ3v) is 3.33. The molecule has 0 fully saturated rings. The summed E-state index contributed by atoms with van der Waals surface area (Å²) in [6.45, 7) is 8.32. The minimum absolute atomic E-state index is 0.0613. The average molecular weight is 274 g/mol. The van der Waals surface area contributed by atoms with Gasteiger partial charge in [-0.3, -0.25) is 4.79 Å². The molecule has 0 bridgehead atoms. The molecule has 5 heteroatoms. The molecule has 0 unspecified atom stereocenters. The van der Waals surface area contributed by atoms with Gasteiger partial charge in [-0.1, -0.05) is 0 Å². The number of hydrogen-bond donors (Lipinski definition) is 0. The summed E-state index contributed by atoms with van der Waals surface area (Å²) >= 11 is 0. The molecule has 0 N–H and O–H groups in total. The van der Waals surface area contributed by atoms with E-state index in [9.17, 15) is 9.59 Å². The average Bonchev–Trinajstić information content (AvgIpc) is 2.42. The van der Waals surface area contributed by atoms with Crippen molar-refractivity contribution < 1.29 is 9.53 Å². The van der Waals surface area contributed by atoms with Crippen LogP contribution in [0.1, 0.15) is 35.5 Å². The Morgan fingerprint density at radius 1 is 1.35 bits per heavy atom. The van der Waals surface area contributed by atoms with E-state index in [1.165, 1.54) is 6.20 Å². The Morgan fingerprint density at radius 2 is 2.05 bits per heavy atom. The van der Waals surface area contributed by atoms with Crippen LogP contribution in [0.25, 0.3) is 11.0 Å². The van der Waals surface area contributed by atoms with Gasteiger partial charge in [-0.2, -0.15) is 0 Å². The van der Waals surface area contributed by atoms with Gasteiger partial charge in [0.25, 0.3) is 0 Å². The number of aryl methyl sites for hydroxylation is 3. The number of hydrogen-bond acceptors (Lipinski definition) is 4. The van der Waals surface area contributed by atoms with Crippen LogP contribution >= 0.6 is 0 Å². The van der Waals surface area contributed by atoms with Gasteiger partial charge in [0.05, 0.1) is 12.0 Å². The Labute approximate surface area is 117 Å². The van der Waals surface area contributed by atoms with Crippen molar-refractivity contribution in [1.29, 1.82) is 0 Å². The minimum atomic E-state index is -0.583. The van der Waals surface area contributed by atoms with Crippen LogP contribution in [0, 0.1) is 13.8 Å². The predicted molar refractivity (Wildman–Crippen MR) is 77.1 cm³/mol. The van der Waals surface area contributed by atoms with E-state index in [2.05, 4.69) is 4.98 Å². The van der Waals surface area contributed by atoms with Gasteiger partial charge >= 0.3 is 5.97 Å². The lowest BCUT2D eigenvalue weighted by atomic mass is 10.1. The van der Waals surface area contributed by atoms with Gasteiger partial charge in [-0.15, -0.1) is 0 Å². The van der Waals surface area contributed by atoms with Crippen molar-refractivity contribution in [3.8, 4) is 0 Å². The van der Waals surface area contributed by atoms with Crippen LogP contribution in [0.2, 0.25) is 0 Å². The maximum absolute atomic E-state index is 12.4. The minimum Gasteiger partial charge on any atom is -0.462 e. The van der Waals surface area contributed by atoms with E-state index in [4.69, 9.17) is 4.74 Å². The van der Waals surface area contributed by atoms with Gasteiger partial charge in [0.1, 0.15) is 11.2 Å². The molecule has 2 heterocycles. The number of fused-ring (bicyclic) bond motifs is 1. The van der Waals surface area contributed by atoms with E-state index in [1.807, 2.05) is 20.8 Å². The molecule has 20 heavy (non-hydrogen) atoms. The smallest absolute Gasteiger partial charge is 0.343 e. The van der Waals surface area contributed by atoms with Crippen molar-refractivity contribution in [2.75, 3.05) is 6.61 Å². The summed E-state index contributed by atoms with van der Waals surface area (Å²) in [6, 6.07) is 1.79. The van der Waals surface area contributed by atoms with Crippen molar-refractivity contribution in [2.45, 2.75) is 34.2 Å². The standard InChI is InChI=1S/C15H18N2O3/c1-5-17-8-12(15(19)20-6-2)13(18)11-7-9(3)10(4)16-14(11)17/h7-8H,5-6H2,1-4H3. The van der Waals surface area contributed by atoms with Gasteiger partial charge in [0.15, 0.2) is 0 Å². The molecule has 2 rings (SSSR count). The largest absolute Gasteiger partial charge is 0.462 e. The summed E-state index contributed by atoms with van der Waals surface area (Å²) in [5.41, 5.74) is 2.15. The number of rotatable bonds is 3. The van der Waals surface area contributed by atoms with E-state index in [0.717, 1.165) is 11.3 Å². The molecule has 0 radical (unpaired) electrons. The normalized spacial score (nSPS) is 10.8. The van der Waals surface area contributed by atoms with E-state index < -0.39 is 5.97 Å². The zero-order valence-electron chi connectivity index (χ0n) is 12.2. The van der Waals surface area contributed by atoms with Gasteiger partial charge in [-0.25, -0.2) is 9.78 Å². The van der Waals surface area contributed by atoms with Gasteiger partial charge in [0, 0.05) is 18.4 Å². The molecule has 2 aromatic rings. The maximum atomic E-state index is 12.4. The molecule has 0 aliphatic heterocycles. The fourth-order valence-corrected chi connectivity index (χ4v) is 2.09. The number of esters is 1. The highest BCUT2D eigenvalue weighted by molar-refractivity contribution is 5.93. The maximum Gasteiger partial charge on any atom is 0.343 e. The van der Waals surface area contributed by atoms with Gasteiger partial charge in [0.2, 0.25) is 5.43 Å². The molecule has 0 aromatic carbocycles. The highest BCUT2D eigenvalue weighted by atomic mass is 16.5. The van der Waals surface area contributed by atoms with E-state index in [0.29, 0.717) is 17.6 Å². The van der Waals surface area contributed by atoms with Crippen molar-refractivity contribution in [3.05, 3.63) is 39.3 Å². The number of carbonyl (C=O) groups is 1. The van der Waals surface area contributed by atoms with Crippen molar-refractivity contribution >= 4 is 17.0 Å². The monoisotopic (exact) mass is 274 g/mol. The zero-order chi connectivity index (χ0) is 14.9. The first-order valence-electron chi connectivity index (χ1n) is 6.68. The molecule has 106 valence electrons. The van der Waals surface area contributed by atoms with Crippen molar-refractivity contribution in [2.24, 2.45) is 0 Å². The number of nitrogens with zero attached hydrogens (tertiary/aromatic N) is 2. The van der Waals surface area contributed by atoms with Gasteiger partial charge < -0.3 is 9.30 Å². The lowest BCUT2D eigenvalue weighted by molar-refractivity contribution is 0.0524. The molecule has 0 amide bonds. The first kappa shape index (κ1) is 14.2. The summed E-state index contributed by atoms with van der Waals surface area (Å²) < 4.78 is 6.74. The van der Waals surface area contributed by atoms with Crippen LogP contribution < -0.4 is 5.43 Å². The third-order valence-electron chi connectivity index (χ3n) is 3.33. The summed E-state index contributed by atoms with van der Waals surface area (Å²) in [6.07, 6.45) is 1.53. The molecule has 0 saturated heterocycles. The van der Waals surface area contributed by atoms with Crippen LogP contribution in [0.3, 0.4) is 0 Å². The van der Waals surface area contributed by atoms with Gasteiger partial charge in [-0.05, 0) is 39.3 Å². The SMILES string of the molecule is CCOC(=O)c1cn(CC)c2nc(C)c(C)cc2c1=O. The lowest BCUT2D eigenvalue weighted by Crippen LogP contribution is -2.21. The third kappa shape index (κ3) is 2.31. The fourth-order valence-electron chi connectivity index (χ4n) is 2.09. The molecule has 2 aromatic heterocycles. The summed E-state index contributed by atoms with van der Waals surface area (Å²) in [4.78, 5) is 28.8. The zero-order valence-corrected chi connectivity index (χ0v) is 12.2. The van der Waals surface area contributed by atoms with Crippen LogP contribution in [0.15, 0.2) is 17.1 Å². The highest BCUT2D eigenvalue weighted by Gasteiger charge is 2.17. The van der Waals surface area contributed by atoms with Crippen molar-refractivity contribution in [1.82, 2.24) is 9.55 Å². The number of aromatic nitrogens is 2. The molecule has 0 aliphatic carbocycles. The second kappa shape index (κ2) is 5.45. The highest BCUT2D eigenvalue weighted by Crippen LogP contribution is 2.14. The van der Waals surface area contributed by atoms with Crippen LogP contribution in [0.5, 0.6) is 0 Å². The summed E-state index contributed by atoms with van der Waals surface area (Å²) in [5, 5.41) is 0.459. The molecule has 0 saturated carbocycles. The molecule has 5 nitrogen and oxygen atoms in total. The van der Waals surface area contributed by atoms with E-state index >= 15 is 0 Å². The van der Waals surface area contributed by atoms with Crippen LogP contribution in [0.4, 0.5) is 0 Å². The first-order valence-corrected chi connectivity index (χ1v) is 6.68. The predicted octanol–water partition coefficient (Wildman–Crippen LogP) is 2.21. The van der Waals surface area contributed by atoms with Crippen LogP contribution in [-0.4, -0.2) is 22.1 Å². The summed E-state index contributed by atoms with van der Waals surface area (Å²) in [5.74, 6) is -0.583. The topological polar surface area (TPSA) is 61.2 Å². The Bertz CT molecular complexity index is 732. The van der Waals surface area contributed by atoms with Crippen molar-refractivity contribution in [3.63, 3.8) is 0 Å². The number of pyridine rings is 2. The molecule has 0 aliphatic rings. The Hall–Kier alpha value is -2.17. The number of carbonyl (C=O) groups excluding carboxylic acids is 1. The second-order valence-electron chi connectivity index (χ2n) is 4.64. The molecule has 0 spiro atoms. The fraction of sp³-hybridized carbons (Fsp3) is 0.400. The van der Waals surface area contributed by atoms with E-state index in [-0.39, 0.29) is 17.6 Å². The Balaban J connectivity index is 2.81. The molecular weight excluding hydrogens is 256 g/mol. The Morgan fingerprint density at radius 3 is 2.65 bits per heavy atom. The Kier molecular flexibility index (Phi) is 3.88. The molecule has 0 atom stereocenters. The summed E-state index contributed by atoms with van der Waals surface area (Å²) in [7, 11) is 0. The lowest BCUT2D eigenvalue weighted by Gasteiger charge is -2.12. The van der Waals surface area contributed by atoms with Crippen LogP contribution in [-0.2, 0) is 11.3 Å². The quantitative estimate of drug-likeness (QED) is 0.805. The first-order chi connectivity index (χ1) is 9.49. The second-order valence-corrected chi connectivity index (χ2v) is 4.64.